The van der Waals surface area contributed by atoms with Gasteiger partial charge in [0, 0.05) is 36.0 Å². The lowest BCUT2D eigenvalue weighted by Gasteiger charge is -2.16. The maximum absolute atomic E-state index is 12.6. The molecule has 0 saturated carbocycles. The molecule has 6 nitrogen and oxygen atoms in total. The van der Waals surface area contributed by atoms with Crippen LogP contribution in [0.4, 0.5) is 19.0 Å². The molecule has 0 spiro atoms. The molecule has 0 aliphatic heterocycles. The molecule has 0 amide bonds. The van der Waals surface area contributed by atoms with E-state index in [1.54, 1.807) is 14.0 Å². The van der Waals surface area contributed by atoms with Gasteiger partial charge >= 0.3 is 6.18 Å². The molecule has 0 bridgehead atoms. The van der Waals surface area contributed by atoms with Crippen LogP contribution in [-0.2, 0) is 17.5 Å². The van der Waals surface area contributed by atoms with Crippen LogP contribution in [0.3, 0.4) is 0 Å². The van der Waals surface area contributed by atoms with Gasteiger partial charge in [-0.2, -0.15) is 13.2 Å². The Morgan fingerprint density at radius 2 is 1.85 bits per heavy atom. The van der Waals surface area contributed by atoms with E-state index in [1.807, 2.05) is 18.2 Å². The zero-order valence-electron chi connectivity index (χ0n) is 14.1. The van der Waals surface area contributed by atoms with Crippen LogP contribution in [0.2, 0.25) is 0 Å². The number of anilines is 1. The SMILES string of the molecule is COCc1cccc2c(NC(C)c3cnc(C(F)(F)F)nc3)ncnc12. The summed E-state index contributed by atoms with van der Waals surface area (Å²) in [4.78, 5) is 15.3. The number of para-hydroxylation sites is 1. The minimum atomic E-state index is -4.56. The summed E-state index contributed by atoms with van der Waals surface area (Å²) in [5, 5.41) is 3.97. The average molecular weight is 363 g/mol. The smallest absolute Gasteiger partial charge is 0.380 e. The standard InChI is InChI=1S/C17H16F3N5O/c1-10(12-6-21-16(22-7-12)17(18,19)20)25-15-13-5-3-4-11(8-26-2)14(13)23-9-24-15/h3-7,9-10H,8H2,1-2H3,(H,23,24,25). The Hall–Kier alpha value is -2.81. The quantitative estimate of drug-likeness (QED) is 0.744. The first-order valence-electron chi connectivity index (χ1n) is 7.77. The number of halogens is 3. The lowest BCUT2D eigenvalue weighted by molar-refractivity contribution is -0.145. The normalized spacial score (nSPS) is 13.0. The van der Waals surface area contributed by atoms with Gasteiger partial charge in [-0.15, -0.1) is 0 Å². The molecule has 26 heavy (non-hydrogen) atoms. The van der Waals surface area contributed by atoms with Crippen LogP contribution in [-0.4, -0.2) is 27.0 Å². The summed E-state index contributed by atoms with van der Waals surface area (Å²) in [5.41, 5.74) is 2.18. The highest BCUT2D eigenvalue weighted by Gasteiger charge is 2.34. The first-order chi connectivity index (χ1) is 12.4. The van der Waals surface area contributed by atoms with Gasteiger partial charge in [0.25, 0.3) is 0 Å². The van der Waals surface area contributed by atoms with Crippen molar-refractivity contribution in [2.24, 2.45) is 0 Å². The molecule has 1 unspecified atom stereocenters. The van der Waals surface area contributed by atoms with Gasteiger partial charge in [-0.1, -0.05) is 12.1 Å². The predicted molar refractivity (Wildman–Crippen MR) is 89.3 cm³/mol. The second-order valence-corrected chi connectivity index (χ2v) is 5.67. The van der Waals surface area contributed by atoms with Gasteiger partial charge < -0.3 is 10.1 Å². The van der Waals surface area contributed by atoms with E-state index in [2.05, 4.69) is 25.3 Å². The number of hydrogen-bond donors (Lipinski definition) is 1. The Bertz CT molecular complexity index is 899. The fourth-order valence-corrected chi connectivity index (χ4v) is 2.53. The third kappa shape index (κ3) is 3.72. The van der Waals surface area contributed by atoms with Gasteiger partial charge in [-0.05, 0) is 13.0 Å². The molecule has 0 fully saturated rings. The fraction of sp³-hybridized carbons (Fsp3) is 0.294. The van der Waals surface area contributed by atoms with Crippen molar-refractivity contribution in [3.05, 3.63) is 53.9 Å². The van der Waals surface area contributed by atoms with Crippen molar-refractivity contribution in [2.45, 2.75) is 25.7 Å². The summed E-state index contributed by atoms with van der Waals surface area (Å²) in [6.45, 7) is 2.20. The number of methoxy groups -OCH3 is 1. The molecule has 0 radical (unpaired) electrons. The monoisotopic (exact) mass is 363 g/mol. The van der Waals surface area contributed by atoms with Crippen molar-refractivity contribution in [2.75, 3.05) is 12.4 Å². The number of fused-ring (bicyclic) bond motifs is 1. The van der Waals surface area contributed by atoms with Crippen molar-refractivity contribution in [1.29, 1.82) is 0 Å². The predicted octanol–water partition coefficient (Wildman–Crippen LogP) is 3.76. The van der Waals surface area contributed by atoms with Gasteiger partial charge in [0.1, 0.15) is 12.1 Å². The van der Waals surface area contributed by atoms with Crippen molar-refractivity contribution < 1.29 is 17.9 Å². The first kappa shape index (κ1) is 18.0. The molecule has 0 aliphatic rings. The largest absolute Gasteiger partial charge is 0.451 e. The number of aromatic nitrogens is 4. The average Bonchev–Trinajstić information content (AvgIpc) is 2.62. The molecule has 3 rings (SSSR count). The van der Waals surface area contributed by atoms with E-state index in [0.717, 1.165) is 28.9 Å². The van der Waals surface area contributed by atoms with Gasteiger partial charge in [0.05, 0.1) is 18.2 Å². The zero-order chi connectivity index (χ0) is 18.7. The van der Waals surface area contributed by atoms with E-state index < -0.39 is 12.0 Å². The Balaban J connectivity index is 1.87. The van der Waals surface area contributed by atoms with E-state index in [-0.39, 0.29) is 6.04 Å². The van der Waals surface area contributed by atoms with Crippen LogP contribution in [0.25, 0.3) is 10.9 Å². The second-order valence-electron chi connectivity index (χ2n) is 5.67. The molecule has 9 heteroatoms. The minimum Gasteiger partial charge on any atom is -0.380 e. The summed E-state index contributed by atoms with van der Waals surface area (Å²) in [7, 11) is 1.60. The van der Waals surface area contributed by atoms with E-state index in [1.165, 1.54) is 6.33 Å². The Morgan fingerprint density at radius 3 is 2.50 bits per heavy atom. The Labute approximate surface area is 147 Å². The number of nitrogens with zero attached hydrogens (tertiary/aromatic N) is 4. The molecule has 136 valence electrons. The number of benzene rings is 1. The minimum absolute atomic E-state index is 0.346. The van der Waals surface area contributed by atoms with Crippen LogP contribution in [0.1, 0.15) is 29.9 Å². The lowest BCUT2D eigenvalue weighted by atomic mass is 10.1. The molecule has 1 N–H and O–H groups in total. The van der Waals surface area contributed by atoms with E-state index in [4.69, 9.17) is 4.74 Å². The number of nitrogens with one attached hydrogen (secondary N) is 1. The second kappa shape index (κ2) is 7.20. The van der Waals surface area contributed by atoms with E-state index in [9.17, 15) is 13.2 Å². The number of alkyl halides is 3. The number of hydrogen-bond acceptors (Lipinski definition) is 6. The van der Waals surface area contributed by atoms with Crippen molar-refractivity contribution >= 4 is 16.7 Å². The zero-order valence-corrected chi connectivity index (χ0v) is 14.1. The summed E-state index contributed by atoms with van der Waals surface area (Å²) in [5.74, 6) is -0.592. The highest BCUT2D eigenvalue weighted by atomic mass is 19.4. The third-order valence-electron chi connectivity index (χ3n) is 3.83. The van der Waals surface area contributed by atoms with Crippen molar-refractivity contribution in [1.82, 2.24) is 19.9 Å². The maximum atomic E-state index is 12.6. The van der Waals surface area contributed by atoms with Crippen LogP contribution in [0.15, 0.2) is 36.9 Å². The van der Waals surface area contributed by atoms with Crippen LogP contribution < -0.4 is 5.32 Å². The molecule has 1 atom stereocenters. The highest BCUT2D eigenvalue weighted by Crippen LogP contribution is 2.28. The molecular weight excluding hydrogens is 347 g/mol. The van der Waals surface area contributed by atoms with Crippen molar-refractivity contribution in [3.8, 4) is 0 Å². The fourth-order valence-electron chi connectivity index (χ4n) is 2.53. The van der Waals surface area contributed by atoms with E-state index >= 15 is 0 Å². The summed E-state index contributed by atoms with van der Waals surface area (Å²) >= 11 is 0. The van der Waals surface area contributed by atoms with Crippen LogP contribution >= 0.6 is 0 Å². The van der Waals surface area contributed by atoms with Gasteiger partial charge in [0.15, 0.2) is 0 Å². The number of ether oxygens (including phenoxy) is 1. The maximum Gasteiger partial charge on any atom is 0.451 e. The van der Waals surface area contributed by atoms with Crippen LogP contribution in [0, 0.1) is 0 Å². The third-order valence-corrected chi connectivity index (χ3v) is 3.83. The molecule has 2 heterocycles. The molecule has 0 saturated heterocycles. The first-order valence-corrected chi connectivity index (χ1v) is 7.77. The molecule has 0 aliphatic carbocycles. The summed E-state index contributed by atoms with van der Waals surface area (Å²) in [6.07, 6.45) is -0.809. The lowest BCUT2D eigenvalue weighted by Crippen LogP contribution is -2.14. The summed E-state index contributed by atoms with van der Waals surface area (Å²) in [6, 6.07) is 5.31. The van der Waals surface area contributed by atoms with Gasteiger partial charge in [0.2, 0.25) is 5.82 Å². The van der Waals surface area contributed by atoms with Gasteiger partial charge in [-0.3, -0.25) is 0 Å². The van der Waals surface area contributed by atoms with Crippen molar-refractivity contribution in [3.63, 3.8) is 0 Å². The molecule has 1 aromatic carbocycles. The topological polar surface area (TPSA) is 72.8 Å². The Morgan fingerprint density at radius 1 is 1.12 bits per heavy atom. The Kier molecular flexibility index (Phi) is 4.99. The summed E-state index contributed by atoms with van der Waals surface area (Å²) < 4.78 is 42.9. The number of rotatable bonds is 5. The highest BCUT2D eigenvalue weighted by molar-refractivity contribution is 5.91. The van der Waals surface area contributed by atoms with Crippen LogP contribution in [0.5, 0.6) is 0 Å². The molecule has 2 aromatic heterocycles. The molecule has 3 aromatic rings. The molecular formula is C17H16F3N5O. The van der Waals surface area contributed by atoms with E-state index in [0.29, 0.717) is 18.0 Å². The van der Waals surface area contributed by atoms with Gasteiger partial charge in [-0.25, -0.2) is 19.9 Å².